The fourth-order valence-corrected chi connectivity index (χ4v) is 8.66. The Hall–Kier alpha value is -4.50. The number of halogens is 2. The van der Waals surface area contributed by atoms with E-state index in [1.54, 1.807) is 19.1 Å². The molecule has 248 valence electrons. The van der Waals surface area contributed by atoms with Gasteiger partial charge in [-0.25, -0.2) is 9.29 Å². The number of imide groups is 2. The number of rotatable bonds is 5. The van der Waals surface area contributed by atoms with Crippen molar-refractivity contribution in [1.29, 1.82) is 0 Å². The Balaban J connectivity index is 1.33. The predicted molar refractivity (Wildman–Crippen MR) is 177 cm³/mol. The third-order valence-electron chi connectivity index (χ3n) is 10.7. The van der Waals surface area contributed by atoms with Crippen molar-refractivity contribution in [3.8, 4) is 11.5 Å². The highest BCUT2D eigenvalue weighted by Crippen LogP contribution is 2.64. The Morgan fingerprint density at radius 2 is 1.69 bits per heavy atom. The molecule has 7 rings (SSSR count). The highest BCUT2D eigenvalue weighted by molar-refractivity contribution is 6.31. The molecule has 1 saturated carbocycles. The van der Waals surface area contributed by atoms with Crippen molar-refractivity contribution in [1.82, 2.24) is 4.90 Å². The van der Waals surface area contributed by atoms with E-state index >= 15 is 0 Å². The number of likely N-dealkylation sites (tertiary alicyclic amines) is 1. The second-order valence-corrected chi connectivity index (χ2v) is 14.8. The molecule has 6 atom stereocenters. The van der Waals surface area contributed by atoms with Crippen LogP contribution in [0.1, 0.15) is 57.6 Å². The summed E-state index contributed by atoms with van der Waals surface area (Å²) in [5.74, 6) is -5.47. The summed E-state index contributed by atoms with van der Waals surface area (Å²) in [5.41, 5.74) is 0.130. The normalized spacial score (nSPS) is 28.3. The van der Waals surface area contributed by atoms with Gasteiger partial charge in [-0.2, -0.15) is 0 Å². The van der Waals surface area contributed by atoms with Gasteiger partial charge in [0.25, 0.3) is 0 Å². The molecule has 6 unspecified atom stereocenters. The minimum atomic E-state index is -1.38. The lowest BCUT2D eigenvalue weighted by molar-refractivity contribution is -0.145. The number of allylic oxidation sites excluding steroid dienone is 2. The molecule has 3 aromatic carbocycles. The minimum Gasteiger partial charge on any atom is -0.508 e. The number of carbonyl (C=O) groups is 4. The Bertz CT molecular complexity index is 1900. The monoisotopic (exact) mass is 670 g/mol. The molecule has 2 heterocycles. The van der Waals surface area contributed by atoms with Crippen LogP contribution in [0.2, 0.25) is 5.02 Å². The van der Waals surface area contributed by atoms with Gasteiger partial charge < -0.3 is 9.84 Å². The zero-order valence-corrected chi connectivity index (χ0v) is 27.8. The van der Waals surface area contributed by atoms with Crippen LogP contribution in [0.25, 0.3) is 0 Å². The highest BCUT2D eigenvalue weighted by Gasteiger charge is 2.68. The lowest BCUT2D eigenvalue weighted by Crippen LogP contribution is -2.49. The van der Waals surface area contributed by atoms with E-state index in [1.807, 2.05) is 57.2 Å². The molecule has 8 nitrogen and oxygen atoms in total. The molecule has 0 bridgehead atoms. The quantitative estimate of drug-likeness (QED) is 0.237. The Morgan fingerprint density at radius 3 is 2.35 bits per heavy atom. The first-order valence-electron chi connectivity index (χ1n) is 16.1. The van der Waals surface area contributed by atoms with E-state index in [1.165, 1.54) is 23.1 Å². The molecular formula is C38H36ClFN2O6. The Kier molecular flexibility index (Phi) is 7.55. The van der Waals surface area contributed by atoms with Gasteiger partial charge in [0.05, 0.1) is 33.9 Å². The highest BCUT2D eigenvalue weighted by atomic mass is 35.5. The largest absolute Gasteiger partial charge is 0.508 e. The lowest BCUT2D eigenvalue weighted by atomic mass is 9.51. The van der Waals surface area contributed by atoms with Crippen LogP contribution in [0.3, 0.4) is 0 Å². The van der Waals surface area contributed by atoms with Gasteiger partial charge in [0.2, 0.25) is 23.6 Å². The molecule has 4 amide bonds. The Morgan fingerprint density at radius 1 is 0.958 bits per heavy atom. The second kappa shape index (κ2) is 11.3. The van der Waals surface area contributed by atoms with Crippen molar-refractivity contribution in [3.63, 3.8) is 0 Å². The number of nitrogens with zero attached hydrogens (tertiary/aromatic N) is 2. The first kappa shape index (κ1) is 32.1. The number of phenolic OH excluding ortho intramolecular Hbond substituents is 1. The van der Waals surface area contributed by atoms with E-state index in [0.29, 0.717) is 17.7 Å². The van der Waals surface area contributed by atoms with Crippen LogP contribution in [0.15, 0.2) is 78.4 Å². The molecule has 3 fully saturated rings. The first-order valence-corrected chi connectivity index (χ1v) is 16.5. The smallest absolute Gasteiger partial charge is 0.241 e. The van der Waals surface area contributed by atoms with E-state index in [0.717, 1.165) is 22.1 Å². The van der Waals surface area contributed by atoms with Gasteiger partial charge in [0, 0.05) is 23.1 Å². The Labute approximate surface area is 283 Å². The summed E-state index contributed by atoms with van der Waals surface area (Å²) >= 11 is 6.09. The molecular weight excluding hydrogens is 635 g/mol. The molecule has 48 heavy (non-hydrogen) atoms. The summed E-state index contributed by atoms with van der Waals surface area (Å²) in [5, 5.41) is 11.4. The van der Waals surface area contributed by atoms with Crippen LogP contribution in [-0.2, 0) is 25.8 Å². The average molecular weight is 671 g/mol. The van der Waals surface area contributed by atoms with E-state index in [2.05, 4.69) is 0 Å². The maximum atomic E-state index is 14.6. The van der Waals surface area contributed by atoms with Crippen LogP contribution in [0, 0.1) is 34.9 Å². The van der Waals surface area contributed by atoms with Crippen LogP contribution in [0.4, 0.5) is 10.1 Å². The van der Waals surface area contributed by atoms with Gasteiger partial charge in [-0.15, -0.1) is 0 Å². The third-order valence-corrected chi connectivity index (χ3v) is 11.0. The van der Waals surface area contributed by atoms with Gasteiger partial charge in [0.1, 0.15) is 23.9 Å². The molecule has 2 aliphatic carbocycles. The summed E-state index contributed by atoms with van der Waals surface area (Å²) in [6.45, 7) is 7.46. The van der Waals surface area contributed by atoms with Gasteiger partial charge >= 0.3 is 0 Å². The van der Waals surface area contributed by atoms with E-state index in [-0.39, 0.29) is 41.3 Å². The molecule has 0 spiro atoms. The van der Waals surface area contributed by atoms with E-state index < -0.39 is 58.2 Å². The number of ether oxygens (including phenoxy) is 1. The fourth-order valence-electron chi connectivity index (χ4n) is 8.49. The number of hydrogen-bond acceptors (Lipinski definition) is 6. The van der Waals surface area contributed by atoms with Crippen molar-refractivity contribution in [3.05, 3.63) is 100 Å². The SMILES string of the molecule is CC12C(=O)N(c3ccc(F)c(Cl)c3)C(=O)C1CC1C(=CCC3C(=O)N(C(C)(C)C)C(=O)C31)C2c1ccc(OCc2ccccc2)cc1O. The number of phenols is 1. The maximum Gasteiger partial charge on any atom is 0.241 e. The van der Waals surface area contributed by atoms with Crippen LogP contribution >= 0.6 is 11.6 Å². The zero-order chi connectivity index (χ0) is 34.3. The molecule has 1 N–H and O–H groups in total. The summed E-state index contributed by atoms with van der Waals surface area (Å²) < 4.78 is 20.1. The molecule has 2 saturated heterocycles. The number of hydrogen-bond donors (Lipinski definition) is 1. The number of benzene rings is 3. The zero-order valence-electron chi connectivity index (χ0n) is 27.1. The summed E-state index contributed by atoms with van der Waals surface area (Å²) in [6.07, 6.45) is 2.39. The maximum absolute atomic E-state index is 14.6. The molecule has 0 aromatic heterocycles. The lowest BCUT2D eigenvalue weighted by Gasteiger charge is -2.49. The first-order chi connectivity index (χ1) is 22.7. The van der Waals surface area contributed by atoms with E-state index in [4.69, 9.17) is 16.3 Å². The summed E-state index contributed by atoms with van der Waals surface area (Å²) in [7, 11) is 0. The van der Waals surface area contributed by atoms with E-state index in [9.17, 15) is 28.7 Å². The standard InChI is InChI=1S/C38H36ClFN2O6/c1-37(2,3)42-33(44)25-14-13-23-26(31(25)35(42)46)18-27-34(45)41(21-10-15-29(40)28(39)16-21)36(47)38(27,4)32(23)24-12-11-22(17-30(24)43)48-19-20-8-6-5-7-9-20/h5-13,15-17,25-27,31-32,43H,14,18-19H2,1-4H3. The molecule has 0 radical (unpaired) electrons. The van der Waals surface area contributed by atoms with Gasteiger partial charge in [0.15, 0.2) is 0 Å². The number of fused-ring (bicyclic) bond motifs is 4. The van der Waals surface area contributed by atoms with Crippen molar-refractivity contribution >= 4 is 40.9 Å². The van der Waals surface area contributed by atoms with Crippen molar-refractivity contribution in [2.24, 2.45) is 29.1 Å². The number of carbonyl (C=O) groups excluding carboxylic acids is 4. The third kappa shape index (κ3) is 4.77. The van der Waals surface area contributed by atoms with Crippen molar-refractivity contribution in [2.75, 3.05) is 4.90 Å². The predicted octanol–water partition coefficient (Wildman–Crippen LogP) is 6.79. The summed E-state index contributed by atoms with van der Waals surface area (Å²) in [6, 6.07) is 18.2. The molecule has 2 aliphatic heterocycles. The van der Waals surface area contributed by atoms with Crippen LogP contribution < -0.4 is 9.64 Å². The minimum absolute atomic E-state index is 0.122. The molecule has 4 aliphatic rings. The van der Waals surface area contributed by atoms with Gasteiger partial charge in [-0.1, -0.05) is 59.6 Å². The van der Waals surface area contributed by atoms with Crippen molar-refractivity contribution < 1.29 is 33.4 Å². The number of aromatic hydroxyl groups is 1. The van der Waals surface area contributed by atoms with Crippen LogP contribution in [-0.4, -0.2) is 39.2 Å². The van der Waals surface area contributed by atoms with Gasteiger partial charge in [-0.3, -0.25) is 24.1 Å². The van der Waals surface area contributed by atoms with Gasteiger partial charge in [-0.05, 0) is 76.3 Å². The summed E-state index contributed by atoms with van der Waals surface area (Å²) in [4.78, 5) is 59.0. The second-order valence-electron chi connectivity index (χ2n) is 14.4. The number of amides is 4. The molecule has 3 aromatic rings. The number of anilines is 1. The topological polar surface area (TPSA) is 104 Å². The average Bonchev–Trinajstić information content (AvgIpc) is 3.42. The van der Waals surface area contributed by atoms with Crippen LogP contribution in [0.5, 0.6) is 11.5 Å². The molecule has 10 heteroatoms. The fraction of sp³-hybridized carbons (Fsp3) is 0.368. The van der Waals surface area contributed by atoms with Crippen molar-refractivity contribution in [2.45, 2.75) is 58.6 Å².